The van der Waals surface area contributed by atoms with Crippen LogP contribution in [0.25, 0.3) is 0 Å². The fourth-order valence-corrected chi connectivity index (χ4v) is 2.13. The van der Waals surface area contributed by atoms with E-state index in [2.05, 4.69) is 76.5 Å². The molecule has 0 spiro atoms. The van der Waals surface area contributed by atoms with E-state index < -0.39 is 0 Å². The average molecular weight is 223 g/mol. The van der Waals surface area contributed by atoms with Crippen molar-refractivity contribution >= 4 is 17.7 Å². The van der Waals surface area contributed by atoms with Gasteiger partial charge in [0.05, 0.1) is 0 Å². The first-order chi connectivity index (χ1) is 8.43. The van der Waals surface area contributed by atoms with Crippen LogP contribution in [-0.2, 0) is 0 Å². The molecular weight excluding hydrogens is 208 g/mol. The highest BCUT2D eigenvalue weighted by Gasteiger charge is 2.21. The molecule has 2 heteroatoms. The summed E-state index contributed by atoms with van der Waals surface area (Å²) in [5.41, 5.74) is 2.51. The van der Waals surface area contributed by atoms with E-state index in [0.29, 0.717) is 0 Å². The molecule has 0 unspecified atom stereocenters. The fraction of sp³-hybridized carbons (Fsp3) is 0.133. The Balaban J connectivity index is 1.87. The summed E-state index contributed by atoms with van der Waals surface area (Å²) in [5.74, 6) is 0. The maximum atomic E-state index is 2.28. The van der Waals surface area contributed by atoms with Gasteiger partial charge in [0.25, 0.3) is 0 Å². The predicted molar refractivity (Wildman–Crippen MR) is 71.1 cm³/mol. The van der Waals surface area contributed by atoms with E-state index in [1.54, 1.807) is 0 Å². The zero-order chi connectivity index (χ0) is 11.5. The van der Waals surface area contributed by atoms with Gasteiger partial charge in [0, 0.05) is 0 Å². The van der Waals surface area contributed by atoms with Crippen molar-refractivity contribution in [2.45, 2.75) is 0 Å². The van der Waals surface area contributed by atoms with E-state index in [9.17, 15) is 0 Å². The minimum absolute atomic E-state index is 1.04. The second-order valence-corrected chi connectivity index (χ2v) is 4.17. The standard InChI is InChI=1S/C15H15N2/c1-3-7-14(8-4-1)16-11-12-17(13-16)15-9-5-2-6-10-15/h1-10,13H,11-12H2/q+1. The highest BCUT2D eigenvalue weighted by Crippen LogP contribution is 2.17. The SMILES string of the molecule is C1=[N+](c2ccccc2)CCN1c1ccccc1. The van der Waals surface area contributed by atoms with Gasteiger partial charge in [-0.25, -0.2) is 9.48 Å². The molecule has 0 bridgehead atoms. The van der Waals surface area contributed by atoms with Crippen LogP contribution in [0.2, 0.25) is 0 Å². The summed E-state index contributed by atoms with van der Waals surface area (Å²) < 4.78 is 2.28. The summed E-state index contributed by atoms with van der Waals surface area (Å²) in [4.78, 5) is 2.28. The highest BCUT2D eigenvalue weighted by atomic mass is 15.3. The van der Waals surface area contributed by atoms with Crippen molar-refractivity contribution in [1.82, 2.24) is 0 Å². The van der Waals surface area contributed by atoms with E-state index in [0.717, 1.165) is 13.1 Å². The number of rotatable bonds is 2. The molecule has 3 rings (SSSR count). The molecule has 0 aromatic heterocycles. The van der Waals surface area contributed by atoms with Crippen molar-refractivity contribution in [2.75, 3.05) is 18.0 Å². The Morgan fingerprint density at radius 2 is 1.47 bits per heavy atom. The Bertz CT molecular complexity index is 517. The molecule has 2 nitrogen and oxygen atoms in total. The summed E-state index contributed by atoms with van der Waals surface area (Å²) in [6, 6.07) is 21.0. The topological polar surface area (TPSA) is 6.25 Å². The number of hydrogen-bond acceptors (Lipinski definition) is 1. The third-order valence-electron chi connectivity index (χ3n) is 3.04. The second-order valence-electron chi connectivity index (χ2n) is 4.17. The lowest BCUT2D eigenvalue weighted by atomic mass is 10.3. The Kier molecular flexibility index (Phi) is 2.62. The van der Waals surface area contributed by atoms with Crippen molar-refractivity contribution < 1.29 is 4.58 Å². The van der Waals surface area contributed by atoms with Gasteiger partial charge in [-0.2, -0.15) is 0 Å². The summed E-state index contributed by atoms with van der Waals surface area (Å²) >= 11 is 0. The minimum atomic E-state index is 1.04. The lowest BCUT2D eigenvalue weighted by Crippen LogP contribution is -2.17. The molecule has 1 heterocycles. The summed E-state index contributed by atoms with van der Waals surface area (Å²) in [7, 11) is 0. The van der Waals surface area contributed by atoms with Gasteiger partial charge in [0.15, 0.2) is 0 Å². The van der Waals surface area contributed by atoms with Crippen LogP contribution in [0, 0.1) is 0 Å². The van der Waals surface area contributed by atoms with Crippen molar-refractivity contribution in [3.05, 3.63) is 60.7 Å². The molecule has 1 aliphatic rings. The molecule has 0 N–H and O–H groups in total. The fourth-order valence-electron chi connectivity index (χ4n) is 2.13. The van der Waals surface area contributed by atoms with E-state index in [1.807, 2.05) is 0 Å². The summed E-state index contributed by atoms with van der Waals surface area (Å²) in [5, 5.41) is 0. The van der Waals surface area contributed by atoms with Gasteiger partial charge in [-0.3, -0.25) is 0 Å². The van der Waals surface area contributed by atoms with Crippen LogP contribution in [-0.4, -0.2) is 24.0 Å². The van der Waals surface area contributed by atoms with Crippen molar-refractivity contribution in [2.24, 2.45) is 0 Å². The first-order valence-corrected chi connectivity index (χ1v) is 5.92. The third kappa shape index (κ3) is 2.07. The smallest absolute Gasteiger partial charge is 0.230 e. The largest absolute Gasteiger partial charge is 0.244 e. The van der Waals surface area contributed by atoms with Crippen molar-refractivity contribution in [3.63, 3.8) is 0 Å². The Morgan fingerprint density at radius 1 is 0.824 bits per heavy atom. The van der Waals surface area contributed by atoms with Gasteiger partial charge in [-0.1, -0.05) is 36.4 Å². The van der Waals surface area contributed by atoms with Crippen molar-refractivity contribution in [1.29, 1.82) is 0 Å². The lowest BCUT2D eigenvalue weighted by molar-refractivity contribution is -0.424. The number of nitrogens with zero attached hydrogens (tertiary/aromatic N) is 2. The molecular formula is C15H15N2+. The normalized spacial score (nSPS) is 14.8. The van der Waals surface area contributed by atoms with Gasteiger partial charge in [-0.15, -0.1) is 0 Å². The molecule has 17 heavy (non-hydrogen) atoms. The first kappa shape index (κ1) is 10.1. The van der Waals surface area contributed by atoms with Gasteiger partial charge in [0.2, 0.25) is 6.34 Å². The molecule has 2 aromatic rings. The maximum absolute atomic E-state index is 2.28. The zero-order valence-corrected chi connectivity index (χ0v) is 9.66. The van der Waals surface area contributed by atoms with Crippen LogP contribution in [0.15, 0.2) is 60.7 Å². The third-order valence-corrected chi connectivity index (χ3v) is 3.04. The van der Waals surface area contributed by atoms with E-state index in [4.69, 9.17) is 0 Å². The van der Waals surface area contributed by atoms with E-state index in [-0.39, 0.29) is 0 Å². The van der Waals surface area contributed by atoms with E-state index in [1.165, 1.54) is 11.4 Å². The first-order valence-electron chi connectivity index (χ1n) is 5.92. The number of anilines is 1. The van der Waals surface area contributed by atoms with Gasteiger partial charge >= 0.3 is 0 Å². The Labute approximate surface area is 101 Å². The van der Waals surface area contributed by atoms with Gasteiger partial charge < -0.3 is 0 Å². The molecule has 0 aliphatic carbocycles. The van der Waals surface area contributed by atoms with Crippen LogP contribution in [0.3, 0.4) is 0 Å². The molecule has 1 aliphatic heterocycles. The molecule has 0 amide bonds. The van der Waals surface area contributed by atoms with Crippen LogP contribution in [0.5, 0.6) is 0 Å². The minimum Gasteiger partial charge on any atom is -0.230 e. The monoisotopic (exact) mass is 223 g/mol. The van der Waals surface area contributed by atoms with Gasteiger partial charge in [-0.05, 0) is 24.3 Å². The summed E-state index contributed by atoms with van der Waals surface area (Å²) in [6.07, 6.45) is 2.19. The number of benzene rings is 2. The molecule has 84 valence electrons. The average Bonchev–Trinajstić information content (AvgIpc) is 2.90. The van der Waals surface area contributed by atoms with Crippen LogP contribution < -0.4 is 4.90 Å². The summed E-state index contributed by atoms with van der Waals surface area (Å²) in [6.45, 7) is 2.08. The van der Waals surface area contributed by atoms with Crippen LogP contribution in [0.4, 0.5) is 11.4 Å². The molecule has 0 atom stereocenters. The highest BCUT2D eigenvalue weighted by molar-refractivity contribution is 5.77. The number of para-hydroxylation sites is 2. The number of hydrogen-bond donors (Lipinski definition) is 0. The van der Waals surface area contributed by atoms with Crippen LogP contribution >= 0.6 is 0 Å². The lowest BCUT2D eigenvalue weighted by Gasteiger charge is -2.04. The van der Waals surface area contributed by atoms with Crippen LogP contribution in [0.1, 0.15) is 0 Å². The second kappa shape index (κ2) is 4.42. The molecule has 2 aromatic carbocycles. The molecule has 0 saturated carbocycles. The Hall–Kier alpha value is -2.09. The Morgan fingerprint density at radius 3 is 2.18 bits per heavy atom. The van der Waals surface area contributed by atoms with E-state index >= 15 is 0 Å². The maximum Gasteiger partial charge on any atom is 0.244 e. The zero-order valence-electron chi connectivity index (χ0n) is 9.66. The molecule has 0 radical (unpaired) electrons. The molecule has 0 fully saturated rings. The van der Waals surface area contributed by atoms with Crippen molar-refractivity contribution in [3.8, 4) is 0 Å². The quantitative estimate of drug-likeness (QED) is 0.709. The predicted octanol–water partition coefficient (Wildman–Crippen LogP) is 2.88. The molecule has 0 saturated heterocycles. The van der Waals surface area contributed by atoms with Gasteiger partial charge in [0.1, 0.15) is 24.5 Å².